The van der Waals surface area contributed by atoms with Crippen molar-refractivity contribution in [1.29, 1.82) is 0 Å². The molecule has 0 saturated carbocycles. The summed E-state index contributed by atoms with van der Waals surface area (Å²) in [5.41, 5.74) is 3.54. The first-order chi connectivity index (χ1) is 13.6. The minimum atomic E-state index is -3.34. The minimum absolute atomic E-state index is 0.168. The molecule has 0 spiro atoms. The van der Waals surface area contributed by atoms with E-state index in [0.717, 1.165) is 29.7 Å². The number of sulfone groups is 1. The zero-order valence-electron chi connectivity index (χ0n) is 16.3. The molecule has 1 amide bonds. The van der Waals surface area contributed by atoms with Crippen LogP contribution in [0, 0.1) is 0 Å². The van der Waals surface area contributed by atoms with Crippen LogP contribution in [0.2, 0.25) is 0 Å². The molecular weight excluding hydrogens is 412 g/mol. The van der Waals surface area contributed by atoms with Gasteiger partial charge in [-0.25, -0.2) is 16.8 Å². The number of aryl methyl sites for hydroxylation is 1. The lowest BCUT2D eigenvalue weighted by molar-refractivity contribution is 0.0985. The van der Waals surface area contributed by atoms with Crippen molar-refractivity contribution in [3.63, 3.8) is 0 Å². The number of sulfonamides is 1. The van der Waals surface area contributed by atoms with Gasteiger partial charge in [0.2, 0.25) is 10.0 Å². The van der Waals surface area contributed by atoms with Crippen molar-refractivity contribution in [2.24, 2.45) is 0 Å². The van der Waals surface area contributed by atoms with Gasteiger partial charge in [-0.2, -0.15) is 0 Å². The second-order valence-corrected chi connectivity index (χ2v) is 11.5. The number of hydrogen-bond donors (Lipinski definition) is 0. The quantitative estimate of drug-likeness (QED) is 0.737. The molecule has 0 fully saturated rings. The molecule has 7 nitrogen and oxygen atoms in total. The fourth-order valence-electron chi connectivity index (χ4n) is 4.02. The molecule has 0 atom stereocenters. The molecule has 0 bridgehead atoms. The molecule has 2 heterocycles. The molecule has 2 aliphatic rings. The van der Waals surface area contributed by atoms with E-state index < -0.39 is 19.9 Å². The molecule has 154 valence electrons. The van der Waals surface area contributed by atoms with Gasteiger partial charge in [0.1, 0.15) is 0 Å². The summed E-state index contributed by atoms with van der Waals surface area (Å²) in [4.78, 5) is 15.1. The first kappa shape index (κ1) is 19.9. The average Bonchev–Trinajstić information content (AvgIpc) is 3.09. The Morgan fingerprint density at radius 1 is 0.862 bits per heavy atom. The number of carbonyl (C=O) groups excluding carboxylic acids is 1. The van der Waals surface area contributed by atoms with Gasteiger partial charge in [0, 0.05) is 30.6 Å². The first-order valence-electron chi connectivity index (χ1n) is 9.31. The van der Waals surface area contributed by atoms with E-state index in [1.54, 1.807) is 35.2 Å². The van der Waals surface area contributed by atoms with Crippen LogP contribution in [-0.4, -0.2) is 48.3 Å². The summed E-state index contributed by atoms with van der Waals surface area (Å²) in [6, 6.07) is 9.99. The summed E-state index contributed by atoms with van der Waals surface area (Å²) in [7, 11) is -6.64. The predicted octanol–water partition coefficient (Wildman–Crippen LogP) is 2.01. The number of hydrogen-bond acceptors (Lipinski definition) is 5. The number of carbonyl (C=O) groups is 1. The Morgan fingerprint density at radius 3 is 2.24 bits per heavy atom. The van der Waals surface area contributed by atoms with E-state index in [4.69, 9.17) is 0 Å². The highest BCUT2D eigenvalue weighted by Gasteiger charge is 2.29. The van der Waals surface area contributed by atoms with E-state index in [1.165, 1.54) is 22.9 Å². The van der Waals surface area contributed by atoms with Crippen LogP contribution in [0.4, 0.5) is 11.4 Å². The molecule has 2 aromatic carbocycles. The molecule has 0 saturated heterocycles. The molecule has 0 unspecified atom stereocenters. The van der Waals surface area contributed by atoms with Crippen LogP contribution in [0.5, 0.6) is 0 Å². The smallest absolute Gasteiger partial charge is 0.258 e. The Balaban J connectivity index is 1.67. The average molecular weight is 435 g/mol. The highest BCUT2D eigenvalue weighted by atomic mass is 32.2. The van der Waals surface area contributed by atoms with Gasteiger partial charge in [0.15, 0.2) is 9.84 Å². The van der Waals surface area contributed by atoms with Crippen molar-refractivity contribution in [2.45, 2.75) is 24.2 Å². The van der Waals surface area contributed by atoms with E-state index in [-0.39, 0.29) is 10.8 Å². The molecule has 2 aliphatic heterocycles. The number of benzene rings is 2. The van der Waals surface area contributed by atoms with Crippen LogP contribution >= 0.6 is 0 Å². The van der Waals surface area contributed by atoms with Crippen LogP contribution in [-0.2, 0) is 32.7 Å². The third-order valence-corrected chi connectivity index (χ3v) is 7.71. The van der Waals surface area contributed by atoms with Crippen molar-refractivity contribution in [3.05, 3.63) is 53.1 Å². The summed E-state index contributed by atoms with van der Waals surface area (Å²) >= 11 is 0. The van der Waals surface area contributed by atoms with Gasteiger partial charge in [-0.05, 0) is 66.8 Å². The topological polar surface area (TPSA) is 91.8 Å². The third kappa shape index (κ3) is 3.64. The Morgan fingerprint density at radius 2 is 1.55 bits per heavy atom. The summed E-state index contributed by atoms with van der Waals surface area (Å²) in [6.07, 6.45) is 4.38. The Labute approximate surface area is 170 Å². The highest BCUT2D eigenvalue weighted by Crippen LogP contribution is 2.33. The minimum Gasteiger partial charge on any atom is -0.308 e. The van der Waals surface area contributed by atoms with Gasteiger partial charge < -0.3 is 4.90 Å². The number of nitrogens with zero attached hydrogens (tertiary/aromatic N) is 2. The van der Waals surface area contributed by atoms with Crippen LogP contribution in [0.1, 0.15) is 27.9 Å². The first-order valence-corrected chi connectivity index (χ1v) is 13.1. The second-order valence-electron chi connectivity index (χ2n) is 7.55. The number of anilines is 2. The monoisotopic (exact) mass is 434 g/mol. The second kappa shape index (κ2) is 6.84. The Bertz CT molecular complexity index is 1220. The van der Waals surface area contributed by atoms with Gasteiger partial charge in [-0.3, -0.25) is 9.10 Å². The standard InChI is InChI=1S/C20H22N2O5S2/c1-28(24,25)17-6-8-18-14(13-17)4-3-10-21(18)20(23)16-5-7-19-15(12-16)9-11-22(19)29(2,26)27/h5-8,12-13H,3-4,9-11H2,1-2H3. The summed E-state index contributed by atoms with van der Waals surface area (Å²) in [5.74, 6) is -0.168. The van der Waals surface area contributed by atoms with Gasteiger partial charge >= 0.3 is 0 Å². The molecule has 4 rings (SSSR count). The lowest BCUT2D eigenvalue weighted by Gasteiger charge is -2.30. The van der Waals surface area contributed by atoms with E-state index in [2.05, 4.69) is 0 Å². The fourth-order valence-corrected chi connectivity index (χ4v) is 5.65. The van der Waals surface area contributed by atoms with Crippen molar-refractivity contribution < 1.29 is 21.6 Å². The normalized spacial score (nSPS) is 16.5. The third-order valence-electron chi connectivity index (χ3n) is 5.42. The largest absolute Gasteiger partial charge is 0.308 e. The highest BCUT2D eigenvalue weighted by molar-refractivity contribution is 7.92. The van der Waals surface area contributed by atoms with Gasteiger partial charge in [-0.1, -0.05) is 0 Å². The maximum atomic E-state index is 13.2. The van der Waals surface area contributed by atoms with Crippen molar-refractivity contribution in [3.8, 4) is 0 Å². The van der Waals surface area contributed by atoms with Crippen molar-refractivity contribution >= 4 is 37.1 Å². The summed E-state index contributed by atoms with van der Waals surface area (Å²) in [5, 5.41) is 0. The molecule has 0 N–H and O–H groups in total. The SMILES string of the molecule is CS(=O)(=O)c1ccc2c(c1)CCCN2C(=O)c1ccc2c(c1)CCN2S(C)(=O)=O. The predicted molar refractivity (Wildman–Crippen MR) is 112 cm³/mol. The fraction of sp³-hybridized carbons (Fsp3) is 0.350. The molecule has 0 aromatic heterocycles. The van der Waals surface area contributed by atoms with E-state index in [1.807, 2.05) is 0 Å². The lowest BCUT2D eigenvalue weighted by atomic mass is 10.00. The van der Waals surface area contributed by atoms with Crippen molar-refractivity contribution in [1.82, 2.24) is 0 Å². The van der Waals surface area contributed by atoms with E-state index in [9.17, 15) is 21.6 Å². The summed E-state index contributed by atoms with van der Waals surface area (Å²) < 4.78 is 48.8. The number of amides is 1. The zero-order chi connectivity index (χ0) is 21.0. The molecule has 9 heteroatoms. The van der Waals surface area contributed by atoms with E-state index >= 15 is 0 Å². The molecular formula is C20H22N2O5S2. The summed E-state index contributed by atoms with van der Waals surface area (Å²) in [6.45, 7) is 0.934. The van der Waals surface area contributed by atoms with Gasteiger partial charge in [-0.15, -0.1) is 0 Å². The molecule has 0 aliphatic carbocycles. The number of rotatable bonds is 3. The Hall–Kier alpha value is -2.39. The maximum absolute atomic E-state index is 13.2. The molecule has 29 heavy (non-hydrogen) atoms. The van der Waals surface area contributed by atoms with Crippen LogP contribution in [0.3, 0.4) is 0 Å². The van der Waals surface area contributed by atoms with Gasteiger partial charge in [0.05, 0.1) is 16.8 Å². The van der Waals surface area contributed by atoms with Crippen molar-refractivity contribution in [2.75, 3.05) is 34.8 Å². The van der Waals surface area contributed by atoms with E-state index in [0.29, 0.717) is 30.8 Å². The maximum Gasteiger partial charge on any atom is 0.258 e. The molecule has 2 aromatic rings. The lowest BCUT2D eigenvalue weighted by Crippen LogP contribution is -2.35. The Kier molecular flexibility index (Phi) is 4.70. The molecule has 0 radical (unpaired) electrons. The van der Waals surface area contributed by atoms with Crippen LogP contribution < -0.4 is 9.21 Å². The zero-order valence-corrected chi connectivity index (χ0v) is 17.9. The van der Waals surface area contributed by atoms with Crippen LogP contribution in [0.25, 0.3) is 0 Å². The van der Waals surface area contributed by atoms with Crippen LogP contribution in [0.15, 0.2) is 41.3 Å². The van der Waals surface area contributed by atoms with Gasteiger partial charge in [0.25, 0.3) is 5.91 Å². The number of fused-ring (bicyclic) bond motifs is 2.